The Kier molecular flexibility index (Phi) is 7.65. The fraction of sp³-hybridized carbons (Fsp3) is 0.526. The van der Waals surface area contributed by atoms with E-state index in [9.17, 15) is 43.1 Å². The van der Waals surface area contributed by atoms with Crippen molar-refractivity contribution >= 4 is 33.3 Å². The maximum absolute atomic E-state index is 13.3. The third kappa shape index (κ3) is 5.30. The Labute approximate surface area is 193 Å². The van der Waals surface area contributed by atoms with E-state index < -0.39 is 76.0 Å². The molecule has 1 heterocycles. The highest BCUT2D eigenvalue weighted by Gasteiger charge is 2.54. The van der Waals surface area contributed by atoms with E-state index in [4.69, 9.17) is 21.1 Å². The molecule has 0 amide bonds. The first kappa shape index (κ1) is 25.8. The SMILES string of the molecule is O=C(O)C1=CC2(CCC1S(=O)(=O)Nc1ccc(F)cc1Cl)O[C@H]([C@H](O)CO)[C@@H]([C@H](O)CO)O2. The van der Waals surface area contributed by atoms with Gasteiger partial charge in [-0.25, -0.2) is 17.6 Å². The van der Waals surface area contributed by atoms with Crippen LogP contribution in [0, 0.1) is 5.82 Å². The van der Waals surface area contributed by atoms with Crippen molar-refractivity contribution in [2.75, 3.05) is 17.9 Å². The van der Waals surface area contributed by atoms with E-state index in [1.54, 1.807) is 0 Å². The number of ether oxygens (including phenoxy) is 2. The van der Waals surface area contributed by atoms with Gasteiger partial charge < -0.3 is 35.0 Å². The van der Waals surface area contributed by atoms with Crippen LogP contribution in [0.3, 0.4) is 0 Å². The average Bonchev–Trinajstić information content (AvgIpc) is 3.13. The molecule has 1 aromatic carbocycles. The first-order chi connectivity index (χ1) is 15.4. The Morgan fingerprint density at radius 2 is 1.79 bits per heavy atom. The summed E-state index contributed by atoms with van der Waals surface area (Å²) in [6.07, 6.45) is -5.29. The number of nitrogens with one attached hydrogen (secondary N) is 1. The Hall–Kier alpha value is -1.84. The Morgan fingerprint density at radius 3 is 2.27 bits per heavy atom. The molecule has 33 heavy (non-hydrogen) atoms. The molecule has 1 fully saturated rings. The van der Waals surface area contributed by atoms with Crippen LogP contribution >= 0.6 is 11.6 Å². The highest BCUT2D eigenvalue weighted by molar-refractivity contribution is 7.93. The van der Waals surface area contributed by atoms with Gasteiger partial charge in [0.2, 0.25) is 10.0 Å². The van der Waals surface area contributed by atoms with E-state index in [0.717, 1.165) is 24.3 Å². The first-order valence-electron chi connectivity index (χ1n) is 9.79. The van der Waals surface area contributed by atoms with Crippen LogP contribution < -0.4 is 4.72 Å². The lowest BCUT2D eigenvalue weighted by atomic mass is 9.94. The molecule has 1 spiro atoms. The van der Waals surface area contributed by atoms with E-state index in [1.165, 1.54) is 0 Å². The Morgan fingerprint density at radius 1 is 1.21 bits per heavy atom. The molecule has 0 bridgehead atoms. The van der Waals surface area contributed by atoms with Crippen LogP contribution in [0.2, 0.25) is 5.02 Å². The fourth-order valence-corrected chi connectivity index (χ4v) is 5.65. The number of sulfonamides is 1. The molecule has 0 radical (unpaired) electrons. The van der Waals surface area contributed by atoms with Gasteiger partial charge in [-0.15, -0.1) is 0 Å². The average molecular weight is 512 g/mol. The molecule has 1 saturated heterocycles. The summed E-state index contributed by atoms with van der Waals surface area (Å²) in [5, 5.41) is 46.5. The van der Waals surface area contributed by atoms with Crippen LogP contribution in [0.4, 0.5) is 10.1 Å². The van der Waals surface area contributed by atoms with Crippen molar-refractivity contribution in [1.82, 2.24) is 0 Å². The number of aliphatic hydroxyl groups is 4. The zero-order valence-electron chi connectivity index (χ0n) is 17.0. The summed E-state index contributed by atoms with van der Waals surface area (Å²) >= 11 is 5.86. The quantitative estimate of drug-likeness (QED) is 0.268. The summed E-state index contributed by atoms with van der Waals surface area (Å²) in [7, 11) is -4.38. The van der Waals surface area contributed by atoms with Crippen molar-refractivity contribution < 1.29 is 52.6 Å². The van der Waals surface area contributed by atoms with Crippen molar-refractivity contribution in [3.05, 3.63) is 40.7 Å². The minimum absolute atomic E-state index is 0.145. The zero-order valence-corrected chi connectivity index (χ0v) is 18.5. The number of hydrogen-bond donors (Lipinski definition) is 6. The van der Waals surface area contributed by atoms with Gasteiger partial charge in [-0.05, 0) is 30.7 Å². The normalized spacial score (nSPS) is 26.6. The second-order valence-electron chi connectivity index (χ2n) is 7.68. The van der Waals surface area contributed by atoms with E-state index in [-0.39, 0.29) is 23.6 Å². The van der Waals surface area contributed by atoms with Gasteiger partial charge in [0.25, 0.3) is 0 Å². The number of anilines is 1. The standard InChI is InChI=1S/C19H23ClFNO10S/c20-11-5-9(21)1-2-12(11)22-33(29,30)15-3-4-19(6-10(15)18(27)28)31-16(13(25)7-23)17(32-19)14(26)8-24/h1-2,5-6,13-17,22-26H,3-4,7-8H2,(H,27,28)/t13-,14-,15?,16-,17-/m1/s1. The second-order valence-corrected chi connectivity index (χ2v) is 9.95. The number of rotatable bonds is 8. The van der Waals surface area contributed by atoms with Crippen LogP contribution in [-0.2, 0) is 24.3 Å². The van der Waals surface area contributed by atoms with Crippen molar-refractivity contribution in [1.29, 1.82) is 0 Å². The summed E-state index contributed by atoms with van der Waals surface area (Å²) in [6.45, 7) is -1.54. The molecule has 0 aromatic heterocycles. The molecule has 14 heteroatoms. The van der Waals surface area contributed by atoms with Crippen LogP contribution in [0.15, 0.2) is 29.8 Å². The van der Waals surface area contributed by atoms with E-state index in [1.807, 2.05) is 0 Å². The molecule has 11 nitrogen and oxygen atoms in total. The van der Waals surface area contributed by atoms with Gasteiger partial charge in [0.15, 0.2) is 5.79 Å². The predicted molar refractivity (Wildman–Crippen MR) is 111 cm³/mol. The lowest BCUT2D eigenvalue weighted by Gasteiger charge is -2.33. The highest BCUT2D eigenvalue weighted by Crippen LogP contribution is 2.43. The number of hydrogen-bond acceptors (Lipinski definition) is 9. The largest absolute Gasteiger partial charge is 0.478 e. The van der Waals surface area contributed by atoms with Gasteiger partial charge in [0, 0.05) is 6.42 Å². The third-order valence-corrected chi connectivity index (χ3v) is 7.47. The molecular formula is C19H23ClFNO10S. The molecule has 6 N–H and O–H groups in total. The second kappa shape index (κ2) is 9.80. The topological polar surface area (TPSA) is 183 Å². The molecule has 1 aromatic rings. The molecular weight excluding hydrogens is 489 g/mol. The minimum Gasteiger partial charge on any atom is -0.478 e. The number of carboxylic acid groups (broad SMARTS) is 1. The zero-order chi connectivity index (χ0) is 24.6. The van der Waals surface area contributed by atoms with Crippen LogP contribution in [0.25, 0.3) is 0 Å². The number of halogens is 2. The van der Waals surface area contributed by atoms with Gasteiger partial charge in [0.1, 0.15) is 35.5 Å². The van der Waals surface area contributed by atoms with Crippen LogP contribution in [-0.4, -0.2) is 88.6 Å². The number of aliphatic carboxylic acids is 1. The summed E-state index contributed by atoms with van der Waals surface area (Å²) in [4.78, 5) is 11.9. The van der Waals surface area contributed by atoms with Crippen molar-refractivity contribution in [2.45, 2.75) is 48.3 Å². The molecule has 184 valence electrons. The van der Waals surface area contributed by atoms with Crippen molar-refractivity contribution in [3.63, 3.8) is 0 Å². The van der Waals surface area contributed by atoms with Gasteiger partial charge in [-0.3, -0.25) is 4.72 Å². The van der Waals surface area contributed by atoms with Gasteiger partial charge in [-0.1, -0.05) is 11.6 Å². The van der Waals surface area contributed by atoms with Crippen molar-refractivity contribution in [2.24, 2.45) is 0 Å². The van der Waals surface area contributed by atoms with Gasteiger partial charge in [-0.2, -0.15) is 0 Å². The van der Waals surface area contributed by atoms with Gasteiger partial charge >= 0.3 is 5.97 Å². The molecule has 1 aliphatic carbocycles. The highest BCUT2D eigenvalue weighted by atomic mass is 35.5. The fourth-order valence-electron chi connectivity index (χ4n) is 3.82. The Balaban J connectivity index is 1.93. The van der Waals surface area contributed by atoms with E-state index in [0.29, 0.717) is 0 Å². The number of carbonyl (C=O) groups is 1. The number of carboxylic acids is 1. The molecule has 1 unspecified atom stereocenters. The lowest BCUT2D eigenvalue weighted by Crippen LogP contribution is -2.45. The predicted octanol–water partition coefficient (Wildman–Crippen LogP) is -0.419. The molecule has 0 saturated carbocycles. The maximum atomic E-state index is 13.3. The van der Waals surface area contributed by atoms with Crippen LogP contribution in [0.5, 0.6) is 0 Å². The molecule has 2 aliphatic rings. The Bertz CT molecular complexity index is 1020. The van der Waals surface area contributed by atoms with E-state index in [2.05, 4.69) is 4.72 Å². The smallest absolute Gasteiger partial charge is 0.332 e. The summed E-state index contributed by atoms with van der Waals surface area (Å²) in [5.41, 5.74) is -0.753. The molecule has 3 rings (SSSR count). The summed E-state index contributed by atoms with van der Waals surface area (Å²) in [5.74, 6) is -4.11. The van der Waals surface area contributed by atoms with Gasteiger partial charge in [0.05, 0.1) is 29.5 Å². The first-order valence-corrected chi connectivity index (χ1v) is 11.7. The minimum atomic E-state index is -4.38. The molecule has 1 aliphatic heterocycles. The molecule has 5 atom stereocenters. The van der Waals surface area contributed by atoms with Crippen LogP contribution in [0.1, 0.15) is 12.8 Å². The number of benzene rings is 1. The van der Waals surface area contributed by atoms with E-state index >= 15 is 0 Å². The maximum Gasteiger partial charge on any atom is 0.332 e. The summed E-state index contributed by atoms with van der Waals surface area (Å²) < 4.78 is 52.6. The monoisotopic (exact) mass is 511 g/mol. The van der Waals surface area contributed by atoms with Crippen molar-refractivity contribution in [3.8, 4) is 0 Å². The lowest BCUT2D eigenvalue weighted by molar-refractivity contribution is -0.163. The third-order valence-electron chi connectivity index (χ3n) is 5.41. The summed E-state index contributed by atoms with van der Waals surface area (Å²) in [6, 6.07) is 2.96. The number of aliphatic hydroxyl groups excluding tert-OH is 4.